The van der Waals surface area contributed by atoms with Crippen LogP contribution in [0.15, 0.2) is 16.6 Å². The summed E-state index contributed by atoms with van der Waals surface area (Å²) in [6, 6.07) is 2.07. The summed E-state index contributed by atoms with van der Waals surface area (Å²) in [5.41, 5.74) is 0.0911. The standard InChI is InChI=1S/C24H37BrF4O2/c1-5-6-7-8-9-10-11-19(23(2,3)4)12-13-30-17-31-22-14-18(16-24(27,28)29)20(25)15-21(22)26/h14-15,19H,5-13,16-17H2,1-4H3. The van der Waals surface area contributed by atoms with E-state index in [1.165, 1.54) is 38.5 Å². The molecule has 1 unspecified atom stereocenters. The van der Waals surface area contributed by atoms with Crippen LogP contribution in [0.3, 0.4) is 0 Å². The quantitative estimate of drug-likeness (QED) is 0.141. The molecule has 0 heterocycles. The molecule has 0 N–H and O–H groups in total. The van der Waals surface area contributed by atoms with Gasteiger partial charge >= 0.3 is 6.18 Å². The summed E-state index contributed by atoms with van der Waals surface area (Å²) in [6.45, 7) is 9.16. The van der Waals surface area contributed by atoms with Gasteiger partial charge in [0, 0.05) is 4.47 Å². The van der Waals surface area contributed by atoms with Gasteiger partial charge in [0.1, 0.15) is 0 Å². The van der Waals surface area contributed by atoms with Crippen LogP contribution in [0.2, 0.25) is 0 Å². The first kappa shape index (κ1) is 28.2. The zero-order valence-electron chi connectivity index (χ0n) is 19.2. The molecule has 0 saturated heterocycles. The van der Waals surface area contributed by atoms with Crippen LogP contribution in [0.25, 0.3) is 0 Å². The van der Waals surface area contributed by atoms with E-state index in [0.717, 1.165) is 25.0 Å². The number of hydrogen-bond acceptors (Lipinski definition) is 2. The third kappa shape index (κ3) is 12.1. The lowest BCUT2D eigenvalue weighted by molar-refractivity contribution is -0.127. The molecule has 1 aromatic rings. The van der Waals surface area contributed by atoms with Gasteiger partial charge in [-0.25, -0.2) is 4.39 Å². The molecule has 0 aliphatic rings. The van der Waals surface area contributed by atoms with E-state index >= 15 is 0 Å². The third-order valence-corrected chi connectivity index (χ3v) is 6.27. The number of benzene rings is 1. The van der Waals surface area contributed by atoms with E-state index in [2.05, 4.69) is 43.6 Å². The highest BCUT2D eigenvalue weighted by molar-refractivity contribution is 9.10. The van der Waals surface area contributed by atoms with Gasteiger partial charge in [0.15, 0.2) is 18.4 Å². The van der Waals surface area contributed by atoms with E-state index in [9.17, 15) is 17.6 Å². The summed E-state index contributed by atoms with van der Waals surface area (Å²) in [4.78, 5) is 0. The SMILES string of the molecule is CCCCCCCCC(CCOCOc1cc(CC(F)(F)F)c(Br)cc1F)C(C)(C)C. The van der Waals surface area contributed by atoms with Crippen LogP contribution in [0, 0.1) is 17.2 Å². The number of rotatable bonds is 14. The second-order valence-corrected chi connectivity index (χ2v) is 10.1. The molecule has 7 heteroatoms. The molecule has 31 heavy (non-hydrogen) atoms. The lowest BCUT2D eigenvalue weighted by Crippen LogP contribution is -2.22. The molecule has 1 aromatic carbocycles. The Labute approximate surface area is 193 Å². The first-order valence-electron chi connectivity index (χ1n) is 11.2. The Hall–Kier alpha value is -0.820. The number of halogens is 5. The lowest BCUT2D eigenvalue weighted by Gasteiger charge is -2.31. The van der Waals surface area contributed by atoms with Gasteiger partial charge in [0.25, 0.3) is 0 Å². The van der Waals surface area contributed by atoms with E-state index in [4.69, 9.17) is 9.47 Å². The molecule has 2 nitrogen and oxygen atoms in total. The summed E-state index contributed by atoms with van der Waals surface area (Å²) in [5, 5.41) is 0. The molecule has 0 saturated carbocycles. The Morgan fingerprint density at radius 2 is 1.61 bits per heavy atom. The van der Waals surface area contributed by atoms with Crippen molar-refractivity contribution in [3.63, 3.8) is 0 Å². The van der Waals surface area contributed by atoms with Crippen LogP contribution in [-0.4, -0.2) is 19.6 Å². The smallest absolute Gasteiger partial charge is 0.393 e. The number of ether oxygens (including phenoxy) is 2. The summed E-state index contributed by atoms with van der Waals surface area (Å²) in [6.07, 6.45) is 4.05. The van der Waals surface area contributed by atoms with Gasteiger partial charge in [-0.15, -0.1) is 0 Å². The highest BCUT2D eigenvalue weighted by atomic mass is 79.9. The van der Waals surface area contributed by atoms with Crippen LogP contribution in [-0.2, 0) is 11.2 Å². The van der Waals surface area contributed by atoms with Crippen LogP contribution < -0.4 is 4.74 Å². The fourth-order valence-electron chi connectivity index (χ4n) is 3.60. The number of alkyl halides is 3. The molecular weight excluding hydrogens is 476 g/mol. The minimum absolute atomic E-state index is 0.0679. The fourth-order valence-corrected chi connectivity index (χ4v) is 4.06. The van der Waals surface area contributed by atoms with Gasteiger partial charge in [0.05, 0.1) is 13.0 Å². The summed E-state index contributed by atoms with van der Waals surface area (Å²) >= 11 is 2.97. The molecular formula is C24H37BrF4O2. The Balaban J connectivity index is 2.45. The van der Waals surface area contributed by atoms with Gasteiger partial charge in [-0.05, 0) is 41.9 Å². The van der Waals surface area contributed by atoms with Crippen molar-refractivity contribution in [1.29, 1.82) is 0 Å². The molecule has 180 valence electrons. The number of unbranched alkanes of at least 4 members (excludes halogenated alkanes) is 5. The average molecular weight is 513 g/mol. The zero-order valence-corrected chi connectivity index (χ0v) is 20.8. The van der Waals surface area contributed by atoms with Gasteiger partial charge in [0.2, 0.25) is 0 Å². The van der Waals surface area contributed by atoms with Crippen molar-refractivity contribution in [2.45, 2.75) is 91.7 Å². The summed E-state index contributed by atoms with van der Waals surface area (Å²) in [5.74, 6) is -0.458. The Kier molecular flexibility index (Phi) is 12.4. The maximum atomic E-state index is 14.0. The lowest BCUT2D eigenvalue weighted by atomic mass is 9.76. The Morgan fingerprint density at radius 1 is 0.968 bits per heavy atom. The molecule has 0 bridgehead atoms. The molecule has 0 aromatic heterocycles. The molecule has 1 rings (SSSR count). The second kappa shape index (κ2) is 13.7. The van der Waals surface area contributed by atoms with E-state index in [-0.39, 0.29) is 28.0 Å². The summed E-state index contributed by atoms with van der Waals surface area (Å²) < 4.78 is 62.9. The average Bonchev–Trinajstić information content (AvgIpc) is 2.63. The number of hydrogen-bond donors (Lipinski definition) is 0. The predicted molar refractivity (Wildman–Crippen MR) is 121 cm³/mol. The van der Waals surface area contributed by atoms with Crippen molar-refractivity contribution in [3.05, 3.63) is 28.0 Å². The van der Waals surface area contributed by atoms with Crippen LogP contribution in [0.5, 0.6) is 5.75 Å². The van der Waals surface area contributed by atoms with Crippen molar-refractivity contribution in [2.24, 2.45) is 11.3 Å². The topological polar surface area (TPSA) is 18.5 Å². The Morgan fingerprint density at radius 3 is 2.23 bits per heavy atom. The van der Waals surface area contributed by atoms with Crippen LogP contribution in [0.1, 0.15) is 84.6 Å². The van der Waals surface area contributed by atoms with E-state index in [0.29, 0.717) is 12.5 Å². The van der Waals surface area contributed by atoms with Crippen LogP contribution >= 0.6 is 15.9 Å². The van der Waals surface area contributed by atoms with Crippen molar-refractivity contribution in [1.82, 2.24) is 0 Å². The van der Waals surface area contributed by atoms with Gasteiger partial charge in [-0.2, -0.15) is 13.2 Å². The van der Waals surface area contributed by atoms with Gasteiger partial charge < -0.3 is 9.47 Å². The highest BCUT2D eigenvalue weighted by Crippen LogP contribution is 2.34. The highest BCUT2D eigenvalue weighted by Gasteiger charge is 2.29. The third-order valence-electron chi connectivity index (χ3n) is 5.53. The molecule has 0 fully saturated rings. The molecule has 1 atom stereocenters. The minimum atomic E-state index is -4.38. The summed E-state index contributed by atoms with van der Waals surface area (Å²) in [7, 11) is 0. The fraction of sp³-hybridized carbons (Fsp3) is 0.750. The van der Waals surface area contributed by atoms with Crippen molar-refractivity contribution < 1.29 is 27.0 Å². The van der Waals surface area contributed by atoms with Crippen molar-refractivity contribution in [2.75, 3.05) is 13.4 Å². The molecule has 0 amide bonds. The first-order valence-corrected chi connectivity index (χ1v) is 12.0. The minimum Gasteiger partial charge on any atom is -0.464 e. The molecule has 0 aliphatic heterocycles. The Bertz CT molecular complexity index is 642. The van der Waals surface area contributed by atoms with Crippen LogP contribution in [0.4, 0.5) is 17.6 Å². The maximum absolute atomic E-state index is 14.0. The van der Waals surface area contributed by atoms with Crippen molar-refractivity contribution >= 4 is 15.9 Å². The molecule has 0 spiro atoms. The second-order valence-electron chi connectivity index (χ2n) is 9.24. The first-order chi connectivity index (χ1) is 14.4. The predicted octanol–water partition coefficient (Wildman–Crippen LogP) is 8.85. The largest absolute Gasteiger partial charge is 0.464 e. The monoisotopic (exact) mass is 512 g/mol. The zero-order chi connectivity index (χ0) is 23.5. The normalized spacial score (nSPS) is 13.5. The molecule has 0 radical (unpaired) electrons. The van der Waals surface area contributed by atoms with E-state index < -0.39 is 18.4 Å². The van der Waals surface area contributed by atoms with Gasteiger partial charge in [-0.3, -0.25) is 0 Å². The van der Waals surface area contributed by atoms with E-state index in [1.54, 1.807) is 0 Å². The van der Waals surface area contributed by atoms with Gasteiger partial charge in [-0.1, -0.05) is 82.1 Å². The van der Waals surface area contributed by atoms with Crippen molar-refractivity contribution in [3.8, 4) is 5.75 Å². The molecule has 0 aliphatic carbocycles. The maximum Gasteiger partial charge on any atom is 0.393 e. The van der Waals surface area contributed by atoms with E-state index in [1.807, 2.05) is 0 Å².